The maximum atomic E-state index is 13.9. The summed E-state index contributed by atoms with van der Waals surface area (Å²) in [5.41, 5.74) is 5.22. The van der Waals surface area contributed by atoms with Gasteiger partial charge in [0.1, 0.15) is 12.6 Å². The van der Waals surface area contributed by atoms with Crippen molar-refractivity contribution in [1.82, 2.24) is 14.5 Å². The Morgan fingerprint density at radius 2 is 1.97 bits per heavy atom. The summed E-state index contributed by atoms with van der Waals surface area (Å²) in [5.74, 6) is 0.743. The van der Waals surface area contributed by atoms with Gasteiger partial charge < -0.3 is 9.88 Å². The first-order chi connectivity index (χ1) is 16.3. The molecule has 7 nitrogen and oxygen atoms in total. The van der Waals surface area contributed by atoms with Crippen molar-refractivity contribution in [1.29, 1.82) is 0 Å². The highest BCUT2D eigenvalue weighted by Gasteiger charge is 2.23. The molecule has 0 saturated heterocycles. The Kier molecular flexibility index (Phi) is 5.61. The van der Waals surface area contributed by atoms with E-state index in [1.165, 1.54) is 0 Å². The molecule has 0 unspecified atom stereocenters. The van der Waals surface area contributed by atoms with Crippen molar-refractivity contribution < 1.29 is 9.37 Å². The van der Waals surface area contributed by atoms with Crippen molar-refractivity contribution >= 4 is 55.8 Å². The molecule has 0 bridgehead atoms. The summed E-state index contributed by atoms with van der Waals surface area (Å²) in [7, 11) is 1.75. The molecule has 4 heterocycles. The number of hydrogen-bond donors (Lipinski definition) is 1. The summed E-state index contributed by atoms with van der Waals surface area (Å²) >= 11 is 1.57. The second kappa shape index (κ2) is 8.61. The molecule has 34 heavy (non-hydrogen) atoms. The Hall–Kier alpha value is -3.65. The molecular formula is C26H26N5O2S+. The molecule has 4 aromatic rings. The van der Waals surface area contributed by atoms with E-state index in [-0.39, 0.29) is 23.6 Å². The van der Waals surface area contributed by atoms with E-state index in [9.17, 15) is 9.59 Å². The van der Waals surface area contributed by atoms with Gasteiger partial charge in [-0.25, -0.2) is 14.8 Å². The topological polar surface area (TPSA) is 79.9 Å². The van der Waals surface area contributed by atoms with Gasteiger partial charge in [-0.3, -0.25) is 4.79 Å². The molecule has 1 aromatic carbocycles. The van der Waals surface area contributed by atoms with Crippen molar-refractivity contribution in [2.24, 2.45) is 0 Å². The van der Waals surface area contributed by atoms with Crippen LogP contribution in [0.25, 0.3) is 26.6 Å². The van der Waals surface area contributed by atoms with Crippen LogP contribution in [0, 0.1) is 0 Å². The van der Waals surface area contributed by atoms with Gasteiger partial charge >= 0.3 is 5.91 Å². The fourth-order valence-corrected chi connectivity index (χ4v) is 5.21. The van der Waals surface area contributed by atoms with Gasteiger partial charge in [-0.05, 0) is 38.3 Å². The Labute approximate surface area is 201 Å². The second-order valence-corrected chi connectivity index (χ2v) is 9.72. The summed E-state index contributed by atoms with van der Waals surface area (Å²) in [5, 5.41) is 5.01. The van der Waals surface area contributed by atoms with E-state index in [1.54, 1.807) is 35.4 Å². The standard InChI is InChI=1S/C26H26N5O2S/c1-15(2)31-20(16(3)29-25-24-21(10-11-27-25)34-14-28-24)12-17-6-5-7-19(23(17)26(31)33)18-8-9-22(32)30(4)13-18/h5-8,10-16H,9H2,1-4H3,(H,27,29)/q+1/t16-/m0/s1. The molecule has 5 rings (SSSR count). The number of fused-ring (bicyclic) bond motifs is 2. The first-order valence-corrected chi connectivity index (χ1v) is 12.2. The lowest BCUT2D eigenvalue weighted by Gasteiger charge is -2.24. The van der Waals surface area contributed by atoms with Gasteiger partial charge in [0.15, 0.2) is 12.0 Å². The predicted molar refractivity (Wildman–Crippen MR) is 138 cm³/mol. The number of thiazole rings is 1. The highest BCUT2D eigenvalue weighted by atomic mass is 32.1. The number of nitrogens with zero attached hydrogens (tertiary/aromatic N) is 4. The first-order valence-electron chi connectivity index (χ1n) is 11.3. The fraction of sp³-hybridized carbons (Fsp3) is 0.269. The molecule has 8 heteroatoms. The van der Waals surface area contributed by atoms with Crippen LogP contribution in [0.15, 0.2) is 52.9 Å². The molecule has 0 aliphatic carbocycles. The Balaban J connectivity index is 1.65. The minimum atomic E-state index is -0.174. The molecule has 172 valence electrons. The molecule has 1 aliphatic rings. The Morgan fingerprint density at radius 1 is 1.15 bits per heavy atom. The quantitative estimate of drug-likeness (QED) is 0.423. The van der Waals surface area contributed by atoms with Gasteiger partial charge in [0.25, 0.3) is 5.56 Å². The zero-order chi connectivity index (χ0) is 24.0. The third kappa shape index (κ3) is 3.74. The highest BCUT2D eigenvalue weighted by Crippen LogP contribution is 2.30. The van der Waals surface area contributed by atoms with E-state index in [0.29, 0.717) is 17.6 Å². The highest BCUT2D eigenvalue weighted by molar-refractivity contribution is 7.16. The minimum absolute atomic E-state index is 0.0366. The molecule has 3 aromatic heterocycles. The second-order valence-electron chi connectivity index (χ2n) is 8.83. The largest absolute Gasteiger partial charge is 0.390 e. The summed E-state index contributed by atoms with van der Waals surface area (Å²) in [4.78, 5) is 34.8. The summed E-state index contributed by atoms with van der Waals surface area (Å²) < 4.78 is 4.50. The average molecular weight is 473 g/mol. The van der Waals surface area contributed by atoms with Crippen LogP contribution >= 0.6 is 11.3 Å². The van der Waals surface area contributed by atoms with Crippen molar-refractivity contribution in [2.75, 3.05) is 12.4 Å². The zero-order valence-electron chi connectivity index (χ0n) is 19.6. The molecule has 1 amide bonds. The van der Waals surface area contributed by atoms with Crippen molar-refractivity contribution in [3.8, 4) is 0 Å². The molecule has 0 spiro atoms. The van der Waals surface area contributed by atoms with Gasteiger partial charge in [-0.1, -0.05) is 24.3 Å². The molecule has 0 radical (unpaired) electrons. The number of pyridine rings is 2. The molecule has 0 fully saturated rings. The van der Waals surface area contributed by atoms with E-state index in [2.05, 4.69) is 21.4 Å². The number of carbonyl (C=O) groups excluding carboxylic acids is 1. The number of amides is 1. The van der Waals surface area contributed by atoms with Crippen molar-refractivity contribution in [2.45, 2.75) is 39.3 Å². The van der Waals surface area contributed by atoms with E-state index in [4.69, 9.17) is 0 Å². The zero-order valence-corrected chi connectivity index (χ0v) is 20.4. The van der Waals surface area contributed by atoms with E-state index in [1.807, 2.05) is 61.2 Å². The Bertz CT molecular complexity index is 1560. The predicted octanol–water partition coefficient (Wildman–Crippen LogP) is 4.79. The SMILES string of the molecule is CC(C)n1c([C@H](C)Nc2nccc3scnc23)cc2cccc(C3=CCC(=O)[N+](C)=C3)c2c1=O. The van der Waals surface area contributed by atoms with Crippen LogP contribution in [-0.2, 0) is 4.79 Å². The smallest absolute Gasteiger partial charge is 0.360 e. The first kappa shape index (κ1) is 22.2. The lowest BCUT2D eigenvalue weighted by Crippen LogP contribution is -2.29. The number of nitrogens with one attached hydrogen (secondary N) is 1. The molecular weight excluding hydrogens is 446 g/mol. The maximum Gasteiger partial charge on any atom is 0.390 e. The van der Waals surface area contributed by atoms with E-state index < -0.39 is 0 Å². The monoisotopic (exact) mass is 472 g/mol. The van der Waals surface area contributed by atoms with Crippen LogP contribution in [0.5, 0.6) is 0 Å². The molecule has 1 aliphatic heterocycles. The van der Waals surface area contributed by atoms with Gasteiger partial charge in [0.2, 0.25) is 0 Å². The number of rotatable bonds is 5. The van der Waals surface area contributed by atoms with Crippen LogP contribution in [-0.4, -0.2) is 38.3 Å². The number of anilines is 1. The molecule has 1 atom stereocenters. The van der Waals surface area contributed by atoms with Gasteiger partial charge in [0.05, 0.1) is 28.1 Å². The molecule has 1 N–H and O–H groups in total. The van der Waals surface area contributed by atoms with Crippen LogP contribution in [0.3, 0.4) is 0 Å². The number of allylic oxidation sites excluding steroid dienone is 1. The normalized spacial score (nSPS) is 15.0. The third-order valence-electron chi connectivity index (χ3n) is 6.21. The number of hydrogen-bond acceptors (Lipinski definition) is 6. The maximum absolute atomic E-state index is 13.9. The van der Waals surface area contributed by atoms with Crippen LogP contribution < -0.4 is 10.9 Å². The number of benzene rings is 1. The number of carbonyl (C=O) groups is 1. The van der Waals surface area contributed by atoms with Crippen molar-refractivity contribution in [3.63, 3.8) is 0 Å². The number of aromatic nitrogens is 3. The van der Waals surface area contributed by atoms with Crippen LogP contribution in [0.2, 0.25) is 0 Å². The fourth-order valence-electron chi connectivity index (χ4n) is 4.53. The van der Waals surface area contributed by atoms with E-state index in [0.717, 1.165) is 32.4 Å². The van der Waals surface area contributed by atoms with Crippen LogP contribution in [0.4, 0.5) is 5.82 Å². The molecule has 0 saturated carbocycles. The van der Waals surface area contributed by atoms with Gasteiger partial charge in [-0.15, -0.1) is 11.3 Å². The van der Waals surface area contributed by atoms with Crippen LogP contribution in [0.1, 0.15) is 50.5 Å². The van der Waals surface area contributed by atoms with Crippen molar-refractivity contribution in [3.05, 3.63) is 69.7 Å². The minimum Gasteiger partial charge on any atom is -0.360 e. The average Bonchev–Trinajstić information content (AvgIpc) is 3.30. The van der Waals surface area contributed by atoms with Gasteiger partial charge in [-0.2, -0.15) is 4.58 Å². The lowest BCUT2D eigenvalue weighted by atomic mass is 9.96. The summed E-state index contributed by atoms with van der Waals surface area (Å²) in [6.45, 7) is 6.07. The Morgan fingerprint density at radius 3 is 2.74 bits per heavy atom. The summed E-state index contributed by atoms with van der Waals surface area (Å²) in [6, 6.07) is 9.70. The lowest BCUT2D eigenvalue weighted by molar-refractivity contribution is -0.413. The van der Waals surface area contributed by atoms with E-state index >= 15 is 0 Å². The summed E-state index contributed by atoms with van der Waals surface area (Å²) in [6.07, 6.45) is 5.80. The third-order valence-corrected chi connectivity index (χ3v) is 7.00. The van der Waals surface area contributed by atoms with Gasteiger partial charge in [0, 0.05) is 29.1 Å².